The van der Waals surface area contributed by atoms with E-state index in [1.165, 1.54) is 12.3 Å². The van der Waals surface area contributed by atoms with Crippen molar-refractivity contribution in [3.63, 3.8) is 0 Å². The summed E-state index contributed by atoms with van der Waals surface area (Å²) in [6.45, 7) is 3.74. The van der Waals surface area contributed by atoms with Gasteiger partial charge in [0.15, 0.2) is 0 Å². The molecule has 144 valence electrons. The molecule has 0 saturated carbocycles. The molecule has 27 heavy (non-hydrogen) atoms. The minimum absolute atomic E-state index is 0.0561. The van der Waals surface area contributed by atoms with E-state index in [2.05, 4.69) is 20.4 Å². The van der Waals surface area contributed by atoms with Gasteiger partial charge >= 0.3 is 6.01 Å². The molecule has 0 bridgehead atoms. The van der Waals surface area contributed by atoms with Crippen LogP contribution in [0.1, 0.15) is 25.1 Å². The van der Waals surface area contributed by atoms with Crippen LogP contribution < -0.4 is 10.1 Å². The molecule has 0 aliphatic rings. The zero-order valence-corrected chi connectivity index (χ0v) is 15.5. The molecule has 1 aromatic heterocycles. The molecule has 2 aromatic rings. The zero-order valence-electron chi connectivity index (χ0n) is 14.8. The van der Waals surface area contributed by atoms with Gasteiger partial charge in [-0.2, -0.15) is 10.1 Å². The fraction of sp³-hybridized carbons (Fsp3) is 0.294. The quantitative estimate of drug-likeness (QED) is 0.607. The lowest BCUT2D eigenvalue weighted by molar-refractivity contribution is 0.0138. The van der Waals surface area contributed by atoms with Gasteiger partial charge in [0.1, 0.15) is 18.1 Å². The Balaban J connectivity index is 2.17. The molecule has 0 amide bonds. The molecule has 0 saturated heterocycles. The van der Waals surface area contributed by atoms with E-state index in [1.54, 1.807) is 13.8 Å². The first-order chi connectivity index (χ1) is 12.6. The van der Waals surface area contributed by atoms with Gasteiger partial charge in [-0.05, 0) is 32.0 Å². The van der Waals surface area contributed by atoms with Crippen molar-refractivity contribution >= 4 is 17.3 Å². The number of anilines is 1. The molecular weight excluding hydrogens is 383 g/mol. The van der Waals surface area contributed by atoms with E-state index in [4.69, 9.17) is 21.9 Å². The number of ether oxygens (including phenoxy) is 1. The Kier molecular flexibility index (Phi) is 6.37. The Morgan fingerprint density at radius 2 is 2.11 bits per heavy atom. The van der Waals surface area contributed by atoms with Crippen LogP contribution >= 0.6 is 11.6 Å². The second-order valence-electron chi connectivity index (χ2n) is 5.77. The second kappa shape index (κ2) is 8.34. The van der Waals surface area contributed by atoms with Gasteiger partial charge in [-0.1, -0.05) is 11.6 Å². The SMILES string of the molecule is C/C(Nc1ccc(F)c(C(C)(F)F)c1)=C(\COc1ncc(Cl)c(C)n1)N=N. The summed E-state index contributed by atoms with van der Waals surface area (Å²) in [5.74, 6) is -4.33. The Morgan fingerprint density at radius 3 is 2.70 bits per heavy atom. The van der Waals surface area contributed by atoms with Crippen LogP contribution in [0.3, 0.4) is 0 Å². The molecule has 0 aliphatic heterocycles. The number of alkyl halides is 2. The predicted octanol–water partition coefficient (Wildman–Crippen LogP) is 5.44. The minimum atomic E-state index is -3.32. The number of benzene rings is 1. The van der Waals surface area contributed by atoms with Gasteiger partial charge < -0.3 is 10.1 Å². The molecule has 10 heteroatoms. The van der Waals surface area contributed by atoms with Crippen molar-refractivity contribution in [3.05, 3.63) is 57.9 Å². The first-order valence-electron chi connectivity index (χ1n) is 7.76. The van der Waals surface area contributed by atoms with E-state index in [9.17, 15) is 13.2 Å². The molecule has 0 spiro atoms. The number of hydrogen-bond donors (Lipinski definition) is 2. The summed E-state index contributed by atoms with van der Waals surface area (Å²) in [5.41, 5.74) is 7.86. The monoisotopic (exact) mass is 399 g/mol. The summed E-state index contributed by atoms with van der Waals surface area (Å²) in [4.78, 5) is 7.94. The Labute approximate surface area is 158 Å². The maximum Gasteiger partial charge on any atom is 0.317 e. The van der Waals surface area contributed by atoms with E-state index in [0.29, 0.717) is 23.3 Å². The second-order valence-corrected chi connectivity index (χ2v) is 6.17. The van der Waals surface area contributed by atoms with Gasteiger partial charge in [-0.25, -0.2) is 23.7 Å². The molecule has 0 atom stereocenters. The summed E-state index contributed by atoms with van der Waals surface area (Å²) in [7, 11) is 0. The molecule has 2 rings (SSSR count). The van der Waals surface area contributed by atoms with Crippen LogP contribution in [0.25, 0.3) is 0 Å². The summed E-state index contributed by atoms with van der Waals surface area (Å²) in [6.07, 6.45) is 1.39. The molecule has 0 fully saturated rings. The molecule has 1 aromatic carbocycles. The number of rotatable bonds is 7. The molecule has 1 heterocycles. The lowest BCUT2D eigenvalue weighted by Gasteiger charge is -2.15. The number of aromatic nitrogens is 2. The van der Waals surface area contributed by atoms with Crippen LogP contribution in [0.5, 0.6) is 6.01 Å². The van der Waals surface area contributed by atoms with Crippen molar-refractivity contribution in [2.24, 2.45) is 5.11 Å². The van der Waals surface area contributed by atoms with Crippen LogP contribution in [0.4, 0.5) is 18.9 Å². The van der Waals surface area contributed by atoms with Crippen LogP contribution in [0, 0.1) is 18.3 Å². The third-order valence-electron chi connectivity index (χ3n) is 3.57. The average Bonchev–Trinajstić information content (AvgIpc) is 2.59. The van der Waals surface area contributed by atoms with Crippen LogP contribution in [-0.4, -0.2) is 16.6 Å². The number of nitrogens with one attached hydrogen (secondary N) is 2. The number of allylic oxidation sites excluding steroid dienone is 1. The highest BCUT2D eigenvalue weighted by molar-refractivity contribution is 6.31. The van der Waals surface area contributed by atoms with Gasteiger partial charge in [0, 0.05) is 18.3 Å². The van der Waals surface area contributed by atoms with E-state index >= 15 is 0 Å². The number of aryl methyl sites for hydroxylation is 1. The summed E-state index contributed by atoms with van der Waals surface area (Å²) < 4.78 is 45.9. The van der Waals surface area contributed by atoms with Gasteiger partial charge in [0.25, 0.3) is 5.92 Å². The zero-order chi connectivity index (χ0) is 20.2. The standard InChI is InChI=1S/C17H17ClF3N5O/c1-9-13(18)7-23-16(25-9)27-8-15(26-22)10(2)24-11-4-5-14(19)12(6-11)17(3,20)21/h4-7,22,24H,8H2,1-3H3/b15-10-,26-22?. The lowest BCUT2D eigenvalue weighted by Crippen LogP contribution is -2.12. The average molecular weight is 400 g/mol. The van der Waals surface area contributed by atoms with Crippen LogP contribution in [0.15, 0.2) is 40.9 Å². The maximum atomic E-state index is 13.6. The molecule has 6 nitrogen and oxygen atoms in total. The third-order valence-corrected chi connectivity index (χ3v) is 3.95. The normalized spacial score (nSPS) is 12.4. The van der Waals surface area contributed by atoms with Gasteiger partial charge in [-0.15, -0.1) is 0 Å². The Morgan fingerprint density at radius 1 is 1.41 bits per heavy atom. The van der Waals surface area contributed by atoms with Crippen molar-refractivity contribution in [2.75, 3.05) is 11.9 Å². The molecule has 0 unspecified atom stereocenters. The lowest BCUT2D eigenvalue weighted by atomic mass is 10.1. The van der Waals surface area contributed by atoms with E-state index in [-0.39, 0.29) is 24.0 Å². The van der Waals surface area contributed by atoms with Crippen molar-refractivity contribution in [1.29, 1.82) is 5.53 Å². The summed E-state index contributed by atoms with van der Waals surface area (Å²) in [5, 5.41) is 6.57. The smallest absolute Gasteiger partial charge is 0.317 e. The van der Waals surface area contributed by atoms with E-state index < -0.39 is 17.3 Å². The topological polar surface area (TPSA) is 83.2 Å². The van der Waals surface area contributed by atoms with Gasteiger partial charge in [0.05, 0.1) is 22.5 Å². The largest absolute Gasteiger partial charge is 0.457 e. The van der Waals surface area contributed by atoms with E-state index in [0.717, 1.165) is 12.1 Å². The van der Waals surface area contributed by atoms with Gasteiger partial charge in [-0.3, -0.25) is 0 Å². The number of halogens is 4. The fourth-order valence-electron chi connectivity index (χ4n) is 2.09. The molecular formula is C17H17ClF3N5O. The fourth-order valence-corrected chi connectivity index (χ4v) is 2.18. The highest BCUT2D eigenvalue weighted by atomic mass is 35.5. The van der Waals surface area contributed by atoms with Crippen molar-refractivity contribution in [1.82, 2.24) is 9.97 Å². The first kappa shape index (κ1) is 20.6. The summed E-state index contributed by atoms with van der Waals surface area (Å²) >= 11 is 5.84. The highest BCUT2D eigenvalue weighted by Crippen LogP contribution is 2.31. The minimum Gasteiger partial charge on any atom is -0.457 e. The number of nitrogens with zero attached hydrogens (tertiary/aromatic N) is 3. The Hall–Kier alpha value is -2.68. The highest BCUT2D eigenvalue weighted by Gasteiger charge is 2.28. The van der Waals surface area contributed by atoms with Crippen LogP contribution in [0.2, 0.25) is 5.02 Å². The van der Waals surface area contributed by atoms with Crippen LogP contribution in [-0.2, 0) is 5.92 Å². The summed E-state index contributed by atoms with van der Waals surface area (Å²) in [6, 6.07) is 3.32. The van der Waals surface area contributed by atoms with Crippen molar-refractivity contribution < 1.29 is 17.9 Å². The molecule has 0 radical (unpaired) electrons. The van der Waals surface area contributed by atoms with Gasteiger partial charge in [0.2, 0.25) is 0 Å². The predicted molar refractivity (Wildman–Crippen MR) is 94.7 cm³/mol. The van der Waals surface area contributed by atoms with E-state index in [1.807, 2.05) is 0 Å². The number of hydrogen-bond acceptors (Lipinski definition) is 6. The molecule has 0 aliphatic carbocycles. The maximum absolute atomic E-state index is 13.6. The Bertz CT molecular complexity index is 883. The molecule has 2 N–H and O–H groups in total. The first-order valence-corrected chi connectivity index (χ1v) is 8.13. The third kappa shape index (κ3) is 5.40. The van der Waals surface area contributed by atoms with Crippen molar-refractivity contribution in [3.8, 4) is 6.01 Å². The van der Waals surface area contributed by atoms with Crippen molar-refractivity contribution in [2.45, 2.75) is 26.7 Å².